The molecule has 0 aliphatic carbocycles. The van der Waals surface area contributed by atoms with Crippen molar-refractivity contribution in [1.29, 1.82) is 0 Å². The first kappa shape index (κ1) is 13.5. The van der Waals surface area contributed by atoms with E-state index >= 15 is 0 Å². The quantitative estimate of drug-likeness (QED) is 0.737. The van der Waals surface area contributed by atoms with Crippen LogP contribution in [-0.4, -0.2) is 10.9 Å². The third-order valence-corrected chi connectivity index (χ3v) is 3.66. The van der Waals surface area contributed by atoms with Crippen LogP contribution in [0.4, 0.5) is 0 Å². The van der Waals surface area contributed by atoms with Crippen molar-refractivity contribution in [2.24, 2.45) is 0 Å². The van der Waals surface area contributed by atoms with E-state index in [0.29, 0.717) is 6.42 Å². The molecule has 0 aliphatic rings. The summed E-state index contributed by atoms with van der Waals surface area (Å²) >= 11 is 0. The molecule has 0 fully saturated rings. The predicted molar refractivity (Wildman–Crippen MR) is 84.3 cm³/mol. The highest BCUT2D eigenvalue weighted by Crippen LogP contribution is 2.20. The van der Waals surface area contributed by atoms with Gasteiger partial charge in [0.25, 0.3) is 0 Å². The number of ketones is 1. The molecule has 3 aromatic carbocycles. The Kier molecular flexibility index (Phi) is 3.80. The van der Waals surface area contributed by atoms with Crippen LogP contribution in [0.25, 0.3) is 10.8 Å². The first-order chi connectivity index (χ1) is 10.3. The summed E-state index contributed by atoms with van der Waals surface area (Å²) in [7, 11) is 0. The fourth-order valence-corrected chi connectivity index (χ4v) is 2.51. The third kappa shape index (κ3) is 2.86. The molecule has 0 amide bonds. The molecule has 0 saturated heterocycles. The van der Waals surface area contributed by atoms with Gasteiger partial charge < -0.3 is 5.11 Å². The number of hydrogen-bond donors (Lipinski definition) is 1. The summed E-state index contributed by atoms with van der Waals surface area (Å²) in [6, 6.07) is 21.2. The van der Waals surface area contributed by atoms with Crippen molar-refractivity contribution in [1.82, 2.24) is 0 Å². The van der Waals surface area contributed by atoms with Gasteiger partial charge in [0.1, 0.15) is 0 Å². The van der Waals surface area contributed by atoms with Gasteiger partial charge in [-0.25, -0.2) is 0 Å². The van der Waals surface area contributed by atoms with Crippen molar-refractivity contribution < 1.29 is 9.90 Å². The fraction of sp³-hybridized carbons (Fsp3) is 0.105. The Labute approximate surface area is 123 Å². The van der Waals surface area contributed by atoms with Gasteiger partial charge in [-0.3, -0.25) is 4.79 Å². The van der Waals surface area contributed by atoms with Gasteiger partial charge in [-0.05, 0) is 21.9 Å². The van der Waals surface area contributed by atoms with E-state index in [9.17, 15) is 4.79 Å². The Morgan fingerprint density at radius 1 is 0.810 bits per heavy atom. The van der Waals surface area contributed by atoms with Crippen LogP contribution in [-0.2, 0) is 13.0 Å². The summed E-state index contributed by atoms with van der Waals surface area (Å²) in [5.74, 6) is 0.114. The molecule has 0 aromatic heterocycles. The number of hydrogen-bond acceptors (Lipinski definition) is 2. The van der Waals surface area contributed by atoms with Gasteiger partial charge >= 0.3 is 0 Å². The van der Waals surface area contributed by atoms with Crippen LogP contribution in [0.3, 0.4) is 0 Å². The molecule has 0 bridgehead atoms. The minimum Gasteiger partial charge on any atom is -0.392 e. The van der Waals surface area contributed by atoms with Crippen molar-refractivity contribution in [3.05, 3.63) is 83.4 Å². The number of aliphatic hydroxyl groups is 1. The molecule has 0 unspecified atom stereocenters. The average Bonchev–Trinajstić information content (AvgIpc) is 2.55. The molecule has 0 aliphatic heterocycles. The lowest BCUT2D eigenvalue weighted by molar-refractivity contribution is 0.0994. The average molecular weight is 276 g/mol. The number of carbonyl (C=O) groups excluding carboxylic acids is 1. The summed E-state index contributed by atoms with van der Waals surface area (Å²) < 4.78 is 0. The molecule has 0 spiro atoms. The molecule has 0 saturated carbocycles. The van der Waals surface area contributed by atoms with Crippen LogP contribution < -0.4 is 0 Å². The van der Waals surface area contributed by atoms with Crippen LogP contribution in [0, 0.1) is 0 Å². The molecule has 3 aromatic rings. The highest BCUT2D eigenvalue weighted by atomic mass is 16.3. The topological polar surface area (TPSA) is 37.3 Å². The molecule has 0 radical (unpaired) electrons. The Hall–Kier alpha value is -2.45. The molecular weight excluding hydrogens is 260 g/mol. The molecule has 2 nitrogen and oxygen atoms in total. The van der Waals surface area contributed by atoms with Gasteiger partial charge in [-0.1, -0.05) is 66.7 Å². The maximum absolute atomic E-state index is 12.5. The van der Waals surface area contributed by atoms with Crippen molar-refractivity contribution in [3.63, 3.8) is 0 Å². The van der Waals surface area contributed by atoms with E-state index in [1.54, 1.807) is 0 Å². The second-order valence-corrected chi connectivity index (χ2v) is 5.10. The van der Waals surface area contributed by atoms with E-state index in [2.05, 4.69) is 0 Å². The lowest BCUT2D eigenvalue weighted by atomic mass is 9.97. The van der Waals surface area contributed by atoms with E-state index in [0.717, 1.165) is 27.5 Å². The first-order valence-electron chi connectivity index (χ1n) is 6.97. The van der Waals surface area contributed by atoms with Gasteiger partial charge in [-0.15, -0.1) is 0 Å². The number of Topliss-reactive ketones (excluding diaryl/α,β-unsaturated/α-hetero) is 1. The maximum Gasteiger partial charge on any atom is 0.167 e. The van der Waals surface area contributed by atoms with E-state index < -0.39 is 0 Å². The van der Waals surface area contributed by atoms with Crippen LogP contribution in [0.2, 0.25) is 0 Å². The minimum absolute atomic E-state index is 0.0253. The summed E-state index contributed by atoms with van der Waals surface area (Å²) in [6.45, 7) is 0.0253. The highest BCUT2D eigenvalue weighted by molar-refractivity contribution is 6.08. The number of fused-ring (bicyclic) bond motifs is 1. The minimum atomic E-state index is 0.0253. The molecule has 104 valence electrons. The Balaban J connectivity index is 1.90. The van der Waals surface area contributed by atoms with Gasteiger partial charge in [0.15, 0.2) is 5.78 Å². The Morgan fingerprint density at radius 2 is 1.48 bits per heavy atom. The van der Waals surface area contributed by atoms with Crippen LogP contribution >= 0.6 is 0 Å². The number of carbonyl (C=O) groups is 1. The first-order valence-corrected chi connectivity index (χ1v) is 6.97. The highest BCUT2D eigenvalue weighted by Gasteiger charge is 2.10. The van der Waals surface area contributed by atoms with Crippen molar-refractivity contribution >= 4 is 16.6 Å². The number of aliphatic hydroxyl groups excluding tert-OH is 1. The Bertz CT molecular complexity index is 768. The second kappa shape index (κ2) is 5.90. The SMILES string of the molecule is O=C(Cc1ccc(CO)cc1)c1cccc2ccccc12. The molecule has 0 atom stereocenters. The van der Waals surface area contributed by atoms with Gasteiger partial charge in [0.2, 0.25) is 0 Å². The molecular formula is C19H16O2. The lowest BCUT2D eigenvalue weighted by Gasteiger charge is -2.06. The predicted octanol–water partition coefficient (Wildman–Crippen LogP) is 3.76. The summed E-state index contributed by atoms with van der Waals surface area (Å²) in [5.41, 5.74) is 2.58. The maximum atomic E-state index is 12.5. The summed E-state index contributed by atoms with van der Waals surface area (Å²) in [4.78, 5) is 12.5. The van der Waals surface area contributed by atoms with E-state index in [1.165, 1.54) is 0 Å². The zero-order valence-corrected chi connectivity index (χ0v) is 11.6. The van der Waals surface area contributed by atoms with Gasteiger partial charge in [0.05, 0.1) is 6.61 Å². The fourth-order valence-electron chi connectivity index (χ4n) is 2.51. The zero-order chi connectivity index (χ0) is 14.7. The van der Waals surface area contributed by atoms with Gasteiger partial charge in [-0.2, -0.15) is 0 Å². The van der Waals surface area contributed by atoms with Crippen molar-refractivity contribution in [2.45, 2.75) is 13.0 Å². The monoisotopic (exact) mass is 276 g/mol. The zero-order valence-electron chi connectivity index (χ0n) is 11.6. The smallest absolute Gasteiger partial charge is 0.167 e. The molecule has 21 heavy (non-hydrogen) atoms. The van der Waals surface area contributed by atoms with E-state index in [1.807, 2.05) is 66.7 Å². The van der Waals surface area contributed by atoms with Crippen molar-refractivity contribution in [2.75, 3.05) is 0 Å². The number of rotatable bonds is 4. The van der Waals surface area contributed by atoms with Crippen LogP contribution in [0.1, 0.15) is 21.5 Å². The largest absolute Gasteiger partial charge is 0.392 e. The van der Waals surface area contributed by atoms with Crippen LogP contribution in [0.5, 0.6) is 0 Å². The third-order valence-electron chi connectivity index (χ3n) is 3.66. The molecule has 2 heteroatoms. The molecule has 1 N–H and O–H groups in total. The normalized spacial score (nSPS) is 10.7. The molecule has 0 heterocycles. The van der Waals surface area contributed by atoms with E-state index in [4.69, 9.17) is 5.11 Å². The van der Waals surface area contributed by atoms with Gasteiger partial charge in [0, 0.05) is 12.0 Å². The second-order valence-electron chi connectivity index (χ2n) is 5.10. The lowest BCUT2D eigenvalue weighted by Crippen LogP contribution is -2.04. The molecule has 3 rings (SSSR count). The number of benzene rings is 3. The standard InChI is InChI=1S/C19H16O2/c20-13-15-10-8-14(9-11-15)12-19(21)18-7-3-5-16-4-1-2-6-17(16)18/h1-11,20H,12-13H2. The summed E-state index contributed by atoms with van der Waals surface area (Å²) in [5, 5.41) is 11.1. The summed E-state index contributed by atoms with van der Waals surface area (Å²) in [6.07, 6.45) is 0.375. The van der Waals surface area contributed by atoms with E-state index in [-0.39, 0.29) is 12.4 Å². The Morgan fingerprint density at radius 3 is 2.24 bits per heavy atom. The van der Waals surface area contributed by atoms with Crippen molar-refractivity contribution in [3.8, 4) is 0 Å². The van der Waals surface area contributed by atoms with Crippen LogP contribution in [0.15, 0.2) is 66.7 Å².